The Balaban J connectivity index is 1.71. The molecule has 2 aromatic carbocycles. The van der Waals surface area contributed by atoms with Crippen molar-refractivity contribution in [1.29, 1.82) is 5.26 Å². The van der Waals surface area contributed by atoms with Crippen LogP contribution in [-0.2, 0) is 0 Å². The van der Waals surface area contributed by atoms with Crippen molar-refractivity contribution >= 4 is 60.6 Å². The number of nitriles is 1. The van der Waals surface area contributed by atoms with Crippen LogP contribution >= 0.6 is 22.9 Å². The molecule has 44 heavy (non-hydrogen) atoms. The van der Waals surface area contributed by atoms with Crippen molar-refractivity contribution in [2.75, 3.05) is 36.6 Å². The molecule has 1 atom stereocenters. The highest BCUT2D eigenvalue weighted by atomic mass is 35.5. The second kappa shape index (κ2) is 10.6. The number of terminal acetylenes is 1. The first-order chi connectivity index (χ1) is 21.0. The number of nitrogens with two attached hydrogens (primary N) is 2. The van der Waals surface area contributed by atoms with E-state index in [1.807, 2.05) is 6.07 Å². The standard InChI is InChI=1S/C29H18ClF4N7O2S/c1-3-29(33,34)24(13-5-4-8-38-25(13)36)41-9-10-43-22-18-21(39-28(42-2)40-27(18)41)20(32)17(19(22)30)12-6-7-15(31)23-16(12)14(11-35)26(37)44-23/h1,4-8,24H,9-10,37H2,2H3,(H2,36,38). The molecule has 6 rings (SSSR count). The number of nitrogens with zero attached hydrogens (tertiary/aromatic N) is 5. The summed E-state index contributed by atoms with van der Waals surface area (Å²) in [7, 11) is 1.21. The number of methoxy groups -OCH3 is 1. The number of hydrogen-bond donors (Lipinski definition) is 2. The Hall–Kier alpha value is -5.05. The predicted molar refractivity (Wildman–Crippen MR) is 159 cm³/mol. The Morgan fingerprint density at radius 3 is 2.68 bits per heavy atom. The van der Waals surface area contributed by atoms with Crippen LogP contribution in [-0.4, -0.2) is 41.1 Å². The molecule has 0 spiro atoms. The second-order valence-corrected chi connectivity index (χ2v) is 11.0. The molecular formula is C29H18ClF4N7O2S. The number of nitrogen functional groups attached to an aromatic ring is 2. The maximum Gasteiger partial charge on any atom is 0.332 e. The molecule has 15 heteroatoms. The zero-order valence-corrected chi connectivity index (χ0v) is 24.0. The lowest BCUT2D eigenvalue weighted by atomic mass is 9.96. The first-order valence-corrected chi connectivity index (χ1v) is 13.9. The Morgan fingerprint density at radius 1 is 1.23 bits per heavy atom. The number of hydrogen-bond acceptors (Lipinski definition) is 10. The number of aromatic nitrogens is 3. The van der Waals surface area contributed by atoms with Crippen molar-refractivity contribution in [3.05, 3.63) is 58.2 Å². The number of benzene rings is 2. The van der Waals surface area contributed by atoms with Crippen LogP contribution in [0.2, 0.25) is 5.02 Å². The smallest absolute Gasteiger partial charge is 0.332 e. The Bertz CT molecular complexity index is 2090. The van der Waals surface area contributed by atoms with E-state index in [-0.39, 0.29) is 84.3 Å². The quantitative estimate of drug-likeness (QED) is 0.173. The second-order valence-electron chi connectivity index (χ2n) is 9.53. The van der Waals surface area contributed by atoms with Crippen molar-refractivity contribution in [1.82, 2.24) is 15.0 Å². The molecule has 222 valence electrons. The van der Waals surface area contributed by atoms with E-state index >= 15 is 13.2 Å². The summed E-state index contributed by atoms with van der Waals surface area (Å²) in [5, 5.41) is 9.40. The van der Waals surface area contributed by atoms with Gasteiger partial charge in [0.25, 0.3) is 0 Å². The van der Waals surface area contributed by atoms with E-state index in [4.69, 9.17) is 39.0 Å². The molecular weight excluding hydrogens is 622 g/mol. The molecule has 4 N–H and O–H groups in total. The minimum atomic E-state index is -3.83. The topological polar surface area (TPSA) is 136 Å². The molecule has 5 aromatic rings. The molecule has 0 amide bonds. The Kier molecular flexibility index (Phi) is 6.99. The summed E-state index contributed by atoms with van der Waals surface area (Å²) < 4.78 is 74.0. The number of pyridine rings is 1. The van der Waals surface area contributed by atoms with Crippen LogP contribution in [0.15, 0.2) is 30.5 Å². The van der Waals surface area contributed by atoms with Crippen molar-refractivity contribution in [3.63, 3.8) is 0 Å². The molecule has 3 aromatic heterocycles. The van der Waals surface area contributed by atoms with Gasteiger partial charge in [0.2, 0.25) is 0 Å². The highest BCUT2D eigenvalue weighted by Gasteiger charge is 2.46. The first kappa shape index (κ1) is 29.0. The predicted octanol–water partition coefficient (Wildman–Crippen LogP) is 6.09. The molecule has 4 heterocycles. The van der Waals surface area contributed by atoms with Crippen molar-refractivity contribution in [2.45, 2.75) is 12.0 Å². The molecule has 1 aliphatic rings. The summed E-state index contributed by atoms with van der Waals surface area (Å²) in [5.74, 6) is -4.60. The normalized spacial score (nSPS) is 13.7. The monoisotopic (exact) mass is 639 g/mol. The van der Waals surface area contributed by atoms with Gasteiger partial charge in [-0.1, -0.05) is 23.7 Å². The number of ether oxygens (including phenoxy) is 2. The summed E-state index contributed by atoms with van der Waals surface area (Å²) in [4.78, 5) is 13.5. The van der Waals surface area contributed by atoms with Gasteiger partial charge in [0.1, 0.15) is 46.7 Å². The maximum absolute atomic E-state index is 16.8. The summed E-state index contributed by atoms with van der Waals surface area (Å²) in [6.45, 7) is -0.489. The number of fused-ring (bicyclic) bond motifs is 1. The highest BCUT2D eigenvalue weighted by molar-refractivity contribution is 7.23. The average molecular weight is 640 g/mol. The van der Waals surface area contributed by atoms with Gasteiger partial charge >= 0.3 is 11.9 Å². The first-order valence-electron chi connectivity index (χ1n) is 12.7. The van der Waals surface area contributed by atoms with E-state index in [2.05, 4.69) is 15.0 Å². The number of rotatable bonds is 5. The zero-order chi connectivity index (χ0) is 31.5. The summed E-state index contributed by atoms with van der Waals surface area (Å²) in [6, 6.07) is 4.74. The van der Waals surface area contributed by atoms with E-state index in [1.54, 1.807) is 0 Å². The summed E-state index contributed by atoms with van der Waals surface area (Å²) >= 11 is 7.65. The van der Waals surface area contributed by atoms with Crippen LogP contribution in [0, 0.1) is 35.3 Å². The highest BCUT2D eigenvalue weighted by Crippen LogP contribution is 2.52. The van der Waals surface area contributed by atoms with E-state index in [1.165, 1.54) is 37.4 Å². The van der Waals surface area contributed by atoms with Crippen LogP contribution in [0.5, 0.6) is 11.8 Å². The van der Waals surface area contributed by atoms with Gasteiger partial charge in [-0.3, -0.25) is 0 Å². The molecule has 0 aliphatic carbocycles. The largest absolute Gasteiger partial charge is 0.489 e. The summed E-state index contributed by atoms with van der Waals surface area (Å²) in [5.41, 5.74) is 11.2. The number of anilines is 3. The Morgan fingerprint density at radius 2 is 2.00 bits per heavy atom. The van der Waals surface area contributed by atoms with Gasteiger partial charge in [-0.25, -0.2) is 13.8 Å². The molecule has 0 radical (unpaired) electrons. The lowest BCUT2D eigenvalue weighted by Crippen LogP contribution is -2.42. The lowest BCUT2D eigenvalue weighted by molar-refractivity contribution is 0.0326. The Labute approximate surface area is 255 Å². The number of alkyl halides is 2. The molecule has 1 aliphatic heterocycles. The average Bonchev–Trinajstić information content (AvgIpc) is 3.24. The van der Waals surface area contributed by atoms with Crippen molar-refractivity contribution in [3.8, 4) is 41.3 Å². The van der Waals surface area contributed by atoms with Gasteiger partial charge in [0.15, 0.2) is 11.6 Å². The van der Waals surface area contributed by atoms with Gasteiger partial charge in [-0.2, -0.15) is 24.0 Å². The fourth-order valence-corrected chi connectivity index (χ4v) is 6.60. The zero-order valence-electron chi connectivity index (χ0n) is 22.5. The van der Waals surface area contributed by atoms with E-state index in [0.717, 1.165) is 22.3 Å². The van der Waals surface area contributed by atoms with E-state index < -0.39 is 29.1 Å². The third kappa shape index (κ3) is 4.25. The van der Waals surface area contributed by atoms with Crippen LogP contribution in [0.25, 0.3) is 32.1 Å². The number of halogens is 5. The minimum Gasteiger partial charge on any atom is -0.489 e. The number of thiophene rings is 1. The maximum atomic E-state index is 16.8. The molecule has 0 saturated carbocycles. The summed E-state index contributed by atoms with van der Waals surface area (Å²) in [6.07, 6.45) is 6.62. The van der Waals surface area contributed by atoms with Crippen LogP contribution in [0.1, 0.15) is 17.2 Å². The molecule has 1 unspecified atom stereocenters. The van der Waals surface area contributed by atoms with Crippen LogP contribution < -0.4 is 25.8 Å². The molecule has 0 bridgehead atoms. The molecule has 0 fully saturated rings. The minimum absolute atomic E-state index is 0.0134. The van der Waals surface area contributed by atoms with Gasteiger partial charge in [0.05, 0.1) is 34.3 Å². The van der Waals surface area contributed by atoms with E-state index in [0.29, 0.717) is 0 Å². The fraction of sp³-hybridized carbons (Fsp3) is 0.172. The van der Waals surface area contributed by atoms with Gasteiger partial charge < -0.3 is 25.8 Å². The van der Waals surface area contributed by atoms with Gasteiger partial charge in [0, 0.05) is 22.7 Å². The third-order valence-corrected chi connectivity index (χ3v) is 8.58. The SMILES string of the molecule is C#CC(F)(F)C(c1cccnc1N)N1CCOc2c(Cl)c(-c3ccc(F)c4sc(N)c(C#N)c34)c(F)c3nc(OC)nc1c23. The van der Waals surface area contributed by atoms with Gasteiger partial charge in [-0.05, 0) is 23.6 Å². The lowest BCUT2D eigenvalue weighted by Gasteiger charge is -2.35. The fourth-order valence-electron chi connectivity index (χ4n) is 5.32. The molecule has 9 nitrogen and oxygen atoms in total. The third-order valence-electron chi connectivity index (χ3n) is 7.19. The van der Waals surface area contributed by atoms with Crippen molar-refractivity contribution in [2.24, 2.45) is 0 Å². The molecule has 0 saturated heterocycles. The van der Waals surface area contributed by atoms with Crippen LogP contribution in [0.3, 0.4) is 0 Å². The van der Waals surface area contributed by atoms with E-state index in [9.17, 15) is 9.65 Å². The van der Waals surface area contributed by atoms with Crippen molar-refractivity contribution < 1.29 is 27.0 Å². The van der Waals surface area contributed by atoms with Gasteiger partial charge in [-0.15, -0.1) is 17.8 Å². The van der Waals surface area contributed by atoms with Crippen LogP contribution in [0.4, 0.5) is 34.2 Å².